The third-order valence-corrected chi connectivity index (χ3v) is 2.92. The van der Waals surface area contributed by atoms with Crippen molar-refractivity contribution in [3.8, 4) is 0 Å². The number of carbonyl (C=O) groups is 1. The number of hydrogen-bond donors (Lipinski definition) is 1. The molecule has 0 fully saturated rings. The lowest BCUT2D eigenvalue weighted by molar-refractivity contribution is 0.0696. The summed E-state index contributed by atoms with van der Waals surface area (Å²) in [4.78, 5) is 11.0. The van der Waals surface area contributed by atoms with Gasteiger partial charge in [-0.25, -0.2) is 4.79 Å². The van der Waals surface area contributed by atoms with E-state index in [9.17, 15) is 4.79 Å². The molecule has 2 heterocycles. The predicted molar refractivity (Wildman–Crippen MR) is 69.2 cm³/mol. The van der Waals surface area contributed by atoms with Crippen LogP contribution >= 0.6 is 0 Å². The summed E-state index contributed by atoms with van der Waals surface area (Å²) in [6, 6.07) is 13.1. The van der Waals surface area contributed by atoms with Crippen LogP contribution in [0.1, 0.15) is 21.7 Å². The summed E-state index contributed by atoms with van der Waals surface area (Å²) in [5.41, 5.74) is 1.98. The normalized spacial score (nSPS) is 10.7. The van der Waals surface area contributed by atoms with Gasteiger partial charge in [-0.2, -0.15) is 0 Å². The molecule has 1 N–H and O–H groups in total. The molecular weight excluding hydrogens is 242 g/mol. The van der Waals surface area contributed by atoms with Gasteiger partial charge >= 0.3 is 5.97 Å². The van der Waals surface area contributed by atoms with Crippen LogP contribution in [-0.4, -0.2) is 25.7 Å². The molecule has 0 aliphatic rings. The van der Waals surface area contributed by atoms with E-state index >= 15 is 0 Å². The van der Waals surface area contributed by atoms with Gasteiger partial charge in [-0.3, -0.25) is 4.40 Å². The zero-order valence-corrected chi connectivity index (χ0v) is 10.0. The molecular formula is C14H11N3O2. The summed E-state index contributed by atoms with van der Waals surface area (Å²) in [7, 11) is 0. The third kappa shape index (κ3) is 2.18. The monoisotopic (exact) mass is 253 g/mol. The molecule has 0 spiro atoms. The maximum atomic E-state index is 11.0. The third-order valence-electron chi connectivity index (χ3n) is 2.92. The van der Waals surface area contributed by atoms with Crippen molar-refractivity contribution in [2.24, 2.45) is 0 Å². The molecule has 0 saturated carbocycles. The Bertz CT molecular complexity index is 735. The highest BCUT2D eigenvalue weighted by Gasteiger charge is 2.09. The van der Waals surface area contributed by atoms with Gasteiger partial charge in [0.2, 0.25) is 0 Å². The van der Waals surface area contributed by atoms with E-state index in [0.29, 0.717) is 12.1 Å². The maximum Gasteiger partial charge on any atom is 0.337 e. The minimum Gasteiger partial charge on any atom is -0.478 e. The molecule has 3 aromatic rings. The van der Waals surface area contributed by atoms with Crippen molar-refractivity contribution in [1.82, 2.24) is 14.6 Å². The smallest absolute Gasteiger partial charge is 0.337 e. The van der Waals surface area contributed by atoms with E-state index in [2.05, 4.69) is 10.2 Å². The van der Waals surface area contributed by atoms with Crippen LogP contribution < -0.4 is 0 Å². The van der Waals surface area contributed by atoms with Crippen molar-refractivity contribution in [2.75, 3.05) is 0 Å². The number of aromatic carboxylic acids is 1. The standard InChI is InChI=1S/C14H11N3O2/c18-14(19)11-6-7-12-15-16-13(17(12)9-11)8-10-4-2-1-3-5-10/h1-7,9H,8H2,(H,18,19). The van der Waals surface area contributed by atoms with Crippen LogP contribution in [-0.2, 0) is 6.42 Å². The predicted octanol–water partition coefficient (Wildman–Crippen LogP) is 2.02. The number of aromatic nitrogens is 3. The second-order valence-corrected chi connectivity index (χ2v) is 4.23. The largest absolute Gasteiger partial charge is 0.478 e. The van der Waals surface area contributed by atoms with Crippen LogP contribution in [0.3, 0.4) is 0 Å². The highest BCUT2D eigenvalue weighted by molar-refractivity contribution is 5.87. The van der Waals surface area contributed by atoms with Crippen LogP contribution in [0.25, 0.3) is 5.65 Å². The van der Waals surface area contributed by atoms with E-state index in [1.54, 1.807) is 16.7 Å². The van der Waals surface area contributed by atoms with Gasteiger partial charge < -0.3 is 5.11 Å². The summed E-state index contributed by atoms with van der Waals surface area (Å²) in [6.45, 7) is 0. The van der Waals surface area contributed by atoms with Crippen LogP contribution in [0.15, 0.2) is 48.7 Å². The summed E-state index contributed by atoms with van der Waals surface area (Å²) in [5.74, 6) is -0.231. The molecule has 0 radical (unpaired) electrons. The quantitative estimate of drug-likeness (QED) is 0.775. The van der Waals surface area contributed by atoms with Crippen molar-refractivity contribution in [3.05, 3.63) is 65.6 Å². The average molecular weight is 253 g/mol. The van der Waals surface area contributed by atoms with E-state index < -0.39 is 5.97 Å². The Morgan fingerprint density at radius 3 is 2.63 bits per heavy atom. The minimum absolute atomic E-state index is 0.224. The van der Waals surface area contributed by atoms with E-state index in [-0.39, 0.29) is 5.56 Å². The molecule has 5 heteroatoms. The molecule has 0 aliphatic carbocycles. The Balaban J connectivity index is 2.04. The van der Waals surface area contributed by atoms with Crippen LogP contribution in [0.4, 0.5) is 0 Å². The number of rotatable bonds is 3. The molecule has 3 rings (SSSR count). The summed E-state index contributed by atoms with van der Waals surface area (Å²) in [5, 5.41) is 17.2. The maximum absolute atomic E-state index is 11.0. The highest BCUT2D eigenvalue weighted by Crippen LogP contribution is 2.11. The fourth-order valence-corrected chi connectivity index (χ4v) is 1.96. The Morgan fingerprint density at radius 2 is 1.89 bits per heavy atom. The Hall–Kier alpha value is -2.69. The molecule has 0 unspecified atom stereocenters. The van der Waals surface area contributed by atoms with Crippen LogP contribution in [0, 0.1) is 0 Å². The SMILES string of the molecule is O=C(O)c1ccc2nnc(Cc3ccccc3)n2c1. The Kier molecular flexibility index (Phi) is 2.72. The molecule has 19 heavy (non-hydrogen) atoms. The number of fused-ring (bicyclic) bond motifs is 1. The van der Waals surface area contributed by atoms with E-state index in [1.807, 2.05) is 30.3 Å². The number of hydrogen-bond acceptors (Lipinski definition) is 3. The van der Waals surface area contributed by atoms with E-state index in [0.717, 1.165) is 11.4 Å². The molecule has 5 nitrogen and oxygen atoms in total. The second kappa shape index (κ2) is 4.53. The van der Waals surface area contributed by atoms with Crippen LogP contribution in [0.2, 0.25) is 0 Å². The van der Waals surface area contributed by atoms with E-state index in [1.165, 1.54) is 6.07 Å². The number of benzene rings is 1. The lowest BCUT2D eigenvalue weighted by atomic mass is 10.1. The van der Waals surface area contributed by atoms with Gasteiger partial charge in [-0.05, 0) is 17.7 Å². The van der Waals surface area contributed by atoms with E-state index in [4.69, 9.17) is 5.11 Å². The minimum atomic E-state index is -0.957. The molecule has 2 aromatic heterocycles. The summed E-state index contributed by atoms with van der Waals surface area (Å²) in [6.07, 6.45) is 2.17. The number of carboxylic acid groups (broad SMARTS) is 1. The van der Waals surface area contributed by atoms with Crippen molar-refractivity contribution < 1.29 is 9.90 Å². The topological polar surface area (TPSA) is 67.5 Å². The molecule has 94 valence electrons. The van der Waals surface area contributed by atoms with Gasteiger partial charge in [0, 0.05) is 12.6 Å². The zero-order valence-electron chi connectivity index (χ0n) is 10.0. The number of nitrogens with zero attached hydrogens (tertiary/aromatic N) is 3. The first-order valence-corrected chi connectivity index (χ1v) is 5.85. The fourth-order valence-electron chi connectivity index (χ4n) is 1.96. The Morgan fingerprint density at radius 1 is 1.11 bits per heavy atom. The molecule has 1 aromatic carbocycles. The first-order valence-electron chi connectivity index (χ1n) is 5.85. The van der Waals surface area contributed by atoms with Crippen LogP contribution in [0.5, 0.6) is 0 Å². The van der Waals surface area contributed by atoms with Gasteiger partial charge in [0.25, 0.3) is 0 Å². The van der Waals surface area contributed by atoms with Crippen molar-refractivity contribution in [3.63, 3.8) is 0 Å². The number of carboxylic acids is 1. The van der Waals surface area contributed by atoms with Gasteiger partial charge in [-0.1, -0.05) is 30.3 Å². The van der Waals surface area contributed by atoms with Crippen molar-refractivity contribution >= 4 is 11.6 Å². The van der Waals surface area contributed by atoms with Crippen molar-refractivity contribution in [1.29, 1.82) is 0 Å². The molecule has 0 bridgehead atoms. The molecule has 0 amide bonds. The molecule has 0 aliphatic heterocycles. The van der Waals surface area contributed by atoms with Crippen molar-refractivity contribution in [2.45, 2.75) is 6.42 Å². The Labute approximate surface area is 109 Å². The fraction of sp³-hybridized carbons (Fsp3) is 0.0714. The molecule has 0 atom stereocenters. The lowest BCUT2D eigenvalue weighted by Gasteiger charge is -2.01. The summed E-state index contributed by atoms with van der Waals surface area (Å²) < 4.78 is 1.72. The lowest BCUT2D eigenvalue weighted by Crippen LogP contribution is -2.01. The van der Waals surface area contributed by atoms with Gasteiger partial charge in [0.1, 0.15) is 5.82 Å². The molecule has 0 saturated heterocycles. The van der Waals surface area contributed by atoms with Gasteiger partial charge in [0.05, 0.1) is 5.56 Å². The summed E-state index contributed by atoms with van der Waals surface area (Å²) >= 11 is 0. The highest BCUT2D eigenvalue weighted by atomic mass is 16.4. The first-order chi connectivity index (χ1) is 9.24. The van der Waals surface area contributed by atoms with Gasteiger partial charge in [-0.15, -0.1) is 10.2 Å². The average Bonchev–Trinajstić information content (AvgIpc) is 2.82. The van der Waals surface area contributed by atoms with Gasteiger partial charge in [0.15, 0.2) is 5.65 Å². The zero-order chi connectivity index (χ0) is 13.2. The first kappa shape index (κ1) is 11.4. The number of pyridine rings is 1. The second-order valence-electron chi connectivity index (χ2n) is 4.23.